The number of hydrogen-bond donors (Lipinski definition) is 0. The number of piperidine rings is 2. The van der Waals surface area contributed by atoms with Crippen molar-refractivity contribution in [1.82, 2.24) is 24.5 Å². The first kappa shape index (κ1) is 20.9. The Morgan fingerprint density at radius 1 is 1.00 bits per heavy atom. The van der Waals surface area contributed by atoms with Gasteiger partial charge in [-0.15, -0.1) is 0 Å². The summed E-state index contributed by atoms with van der Waals surface area (Å²) in [6.45, 7) is 7.99. The first-order chi connectivity index (χ1) is 14.3. The van der Waals surface area contributed by atoms with Crippen molar-refractivity contribution in [2.75, 3.05) is 45.8 Å². The fraction of sp³-hybridized carbons (Fsp3) is 0.826. The topological polar surface area (TPSA) is 44.6 Å². The number of likely N-dealkylation sites (tertiary alicyclic amines) is 2. The second-order valence-corrected chi connectivity index (χ2v) is 9.39. The maximum Gasteiger partial charge on any atom is 0.244 e. The van der Waals surface area contributed by atoms with Gasteiger partial charge in [-0.2, -0.15) is 5.10 Å². The highest BCUT2D eigenvalue weighted by Crippen LogP contribution is 2.28. The molecule has 1 aliphatic carbocycles. The van der Waals surface area contributed by atoms with Gasteiger partial charge in [0.25, 0.3) is 0 Å². The van der Waals surface area contributed by atoms with E-state index >= 15 is 0 Å². The molecule has 1 saturated carbocycles. The fourth-order valence-electron chi connectivity index (χ4n) is 5.55. The summed E-state index contributed by atoms with van der Waals surface area (Å²) in [5.41, 5.74) is 0. The molecule has 3 heterocycles. The smallest absolute Gasteiger partial charge is 0.244 e. The molecule has 1 amide bonds. The van der Waals surface area contributed by atoms with Crippen molar-refractivity contribution in [3.8, 4) is 0 Å². The van der Waals surface area contributed by atoms with Gasteiger partial charge in [0, 0.05) is 44.6 Å². The molecule has 1 unspecified atom stereocenters. The normalized spacial score (nSPS) is 24.8. The highest BCUT2D eigenvalue weighted by molar-refractivity contribution is 5.75. The quantitative estimate of drug-likeness (QED) is 0.672. The maximum absolute atomic E-state index is 13.1. The molecule has 4 rings (SSSR count). The van der Waals surface area contributed by atoms with E-state index in [4.69, 9.17) is 0 Å². The van der Waals surface area contributed by atoms with Crippen LogP contribution in [0.4, 0.5) is 0 Å². The second kappa shape index (κ2) is 10.6. The van der Waals surface area contributed by atoms with E-state index in [1.165, 1.54) is 84.0 Å². The van der Waals surface area contributed by atoms with E-state index in [0.29, 0.717) is 12.5 Å². The second-order valence-electron chi connectivity index (χ2n) is 9.39. The van der Waals surface area contributed by atoms with E-state index in [9.17, 15) is 4.79 Å². The summed E-state index contributed by atoms with van der Waals surface area (Å²) in [7, 11) is 0. The van der Waals surface area contributed by atoms with Crippen LogP contribution in [0.2, 0.25) is 0 Å². The van der Waals surface area contributed by atoms with E-state index in [2.05, 4.69) is 19.8 Å². The van der Waals surface area contributed by atoms with Crippen LogP contribution in [0, 0.1) is 5.92 Å². The lowest BCUT2D eigenvalue weighted by Gasteiger charge is -2.39. The van der Waals surface area contributed by atoms with Crippen LogP contribution in [-0.2, 0) is 11.3 Å². The van der Waals surface area contributed by atoms with Gasteiger partial charge < -0.3 is 14.7 Å². The Hall–Kier alpha value is -1.40. The number of rotatable bonds is 8. The van der Waals surface area contributed by atoms with Crippen LogP contribution in [0.15, 0.2) is 18.5 Å². The lowest BCUT2D eigenvalue weighted by molar-refractivity contribution is -0.133. The highest BCUT2D eigenvalue weighted by Gasteiger charge is 2.29. The molecule has 1 aromatic rings. The zero-order chi connectivity index (χ0) is 19.9. The summed E-state index contributed by atoms with van der Waals surface area (Å²) in [6, 6.07) is 2.70. The first-order valence-corrected chi connectivity index (χ1v) is 12.0. The Labute approximate surface area is 176 Å². The molecular weight excluding hydrogens is 362 g/mol. The van der Waals surface area contributed by atoms with E-state index in [0.717, 1.165) is 25.7 Å². The van der Waals surface area contributed by atoms with Crippen molar-refractivity contribution in [1.29, 1.82) is 0 Å². The molecule has 6 nitrogen and oxygen atoms in total. The summed E-state index contributed by atoms with van der Waals surface area (Å²) in [5.74, 6) is 0.843. The minimum atomic E-state index is 0.226. The Balaban J connectivity index is 1.34. The lowest BCUT2D eigenvalue weighted by atomic mass is 9.95. The summed E-state index contributed by atoms with van der Waals surface area (Å²) in [6.07, 6.45) is 15.7. The third kappa shape index (κ3) is 6.05. The molecule has 2 saturated heterocycles. The minimum absolute atomic E-state index is 0.226. The third-order valence-electron chi connectivity index (χ3n) is 7.21. The van der Waals surface area contributed by atoms with E-state index in [1.807, 2.05) is 12.3 Å². The predicted octanol–water partition coefficient (Wildman–Crippen LogP) is 2.85. The zero-order valence-electron chi connectivity index (χ0n) is 18.1. The van der Waals surface area contributed by atoms with Gasteiger partial charge in [-0.1, -0.05) is 19.3 Å². The van der Waals surface area contributed by atoms with Crippen LogP contribution in [0.5, 0.6) is 0 Å². The molecule has 1 atom stereocenters. The van der Waals surface area contributed by atoms with Gasteiger partial charge in [0.05, 0.1) is 0 Å². The zero-order valence-corrected chi connectivity index (χ0v) is 18.1. The van der Waals surface area contributed by atoms with Gasteiger partial charge in [0.1, 0.15) is 6.54 Å². The summed E-state index contributed by atoms with van der Waals surface area (Å²) in [4.78, 5) is 20.6. The Kier molecular flexibility index (Phi) is 7.61. The molecule has 0 N–H and O–H groups in total. The highest BCUT2D eigenvalue weighted by atomic mass is 16.2. The van der Waals surface area contributed by atoms with Crippen molar-refractivity contribution < 1.29 is 4.79 Å². The maximum atomic E-state index is 13.1. The summed E-state index contributed by atoms with van der Waals surface area (Å²) < 4.78 is 1.77. The first-order valence-electron chi connectivity index (χ1n) is 12.0. The lowest BCUT2D eigenvalue weighted by Crippen LogP contribution is -2.48. The van der Waals surface area contributed by atoms with Gasteiger partial charge >= 0.3 is 0 Å². The van der Waals surface area contributed by atoms with Crippen molar-refractivity contribution in [3.63, 3.8) is 0 Å². The SMILES string of the molecule is O=C(Cn1cccn1)N(CCN1CCCCC1)CC1CCCN(C2CCCC2)C1. The van der Waals surface area contributed by atoms with Crippen molar-refractivity contribution in [2.45, 2.75) is 70.4 Å². The van der Waals surface area contributed by atoms with Crippen LogP contribution in [0.1, 0.15) is 57.8 Å². The van der Waals surface area contributed by atoms with Crippen molar-refractivity contribution in [2.24, 2.45) is 5.92 Å². The molecule has 162 valence electrons. The number of carbonyl (C=O) groups is 1. The average Bonchev–Trinajstić information content (AvgIpc) is 3.46. The number of carbonyl (C=O) groups excluding carboxylic acids is 1. The minimum Gasteiger partial charge on any atom is -0.339 e. The molecule has 6 heteroatoms. The van der Waals surface area contributed by atoms with Gasteiger partial charge in [0.15, 0.2) is 0 Å². The monoisotopic (exact) mass is 401 g/mol. The average molecular weight is 402 g/mol. The van der Waals surface area contributed by atoms with Gasteiger partial charge in [-0.25, -0.2) is 0 Å². The van der Waals surface area contributed by atoms with E-state index in [-0.39, 0.29) is 5.91 Å². The number of amides is 1. The molecule has 2 aliphatic heterocycles. The molecule has 3 aliphatic rings. The molecular formula is C23H39N5O. The van der Waals surface area contributed by atoms with E-state index < -0.39 is 0 Å². The van der Waals surface area contributed by atoms with Crippen molar-refractivity contribution >= 4 is 5.91 Å². The number of hydrogen-bond acceptors (Lipinski definition) is 4. The van der Waals surface area contributed by atoms with Gasteiger partial charge in [0.2, 0.25) is 5.91 Å². The number of nitrogens with zero attached hydrogens (tertiary/aromatic N) is 5. The molecule has 0 radical (unpaired) electrons. The fourth-order valence-corrected chi connectivity index (χ4v) is 5.55. The standard InChI is InChI=1S/C23H39N5O/c29-23(20-28-15-7-11-24-28)27(17-16-25-12-4-1-5-13-25)19-21-8-6-14-26(18-21)22-9-2-3-10-22/h7,11,15,21-22H,1-6,8-10,12-14,16-20H2. The molecule has 0 bridgehead atoms. The predicted molar refractivity (Wildman–Crippen MR) is 116 cm³/mol. The van der Waals surface area contributed by atoms with Crippen LogP contribution in [0.25, 0.3) is 0 Å². The molecule has 29 heavy (non-hydrogen) atoms. The molecule has 0 aromatic carbocycles. The van der Waals surface area contributed by atoms with Crippen LogP contribution < -0.4 is 0 Å². The third-order valence-corrected chi connectivity index (χ3v) is 7.21. The molecule has 3 fully saturated rings. The van der Waals surface area contributed by atoms with Crippen molar-refractivity contribution in [3.05, 3.63) is 18.5 Å². The van der Waals surface area contributed by atoms with Gasteiger partial charge in [-0.05, 0) is 70.1 Å². The van der Waals surface area contributed by atoms with Crippen LogP contribution >= 0.6 is 0 Å². The largest absolute Gasteiger partial charge is 0.339 e. The van der Waals surface area contributed by atoms with E-state index in [1.54, 1.807) is 10.9 Å². The Bertz CT molecular complexity index is 607. The molecule has 0 spiro atoms. The number of aromatic nitrogens is 2. The summed E-state index contributed by atoms with van der Waals surface area (Å²) >= 11 is 0. The Morgan fingerprint density at radius 2 is 1.83 bits per heavy atom. The summed E-state index contributed by atoms with van der Waals surface area (Å²) in [5, 5.41) is 4.25. The Morgan fingerprint density at radius 3 is 2.59 bits per heavy atom. The molecule has 1 aromatic heterocycles. The van der Waals surface area contributed by atoms with Crippen LogP contribution in [-0.4, -0.2) is 82.2 Å². The van der Waals surface area contributed by atoms with Crippen LogP contribution in [0.3, 0.4) is 0 Å². The van der Waals surface area contributed by atoms with Gasteiger partial charge in [-0.3, -0.25) is 9.48 Å².